The molecule has 1 fully saturated rings. The van der Waals surface area contributed by atoms with Crippen LogP contribution in [0.4, 0.5) is 0 Å². The number of benzene rings is 1. The summed E-state index contributed by atoms with van der Waals surface area (Å²) >= 11 is 0. The van der Waals surface area contributed by atoms with E-state index in [-0.39, 0.29) is 0 Å². The molecule has 3 unspecified atom stereocenters. The lowest BCUT2D eigenvalue weighted by molar-refractivity contribution is 0.305. The molecule has 0 bridgehead atoms. The van der Waals surface area contributed by atoms with Gasteiger partial charge in [0.25, 0.3) is 0 Å². The Bertz CT molecular complexity index is 364. The Balaban J connectivity index is 2.28. The quantitative estimate of drug-likeness (QED) is 0.860. The summed E-state index contributed by atoms with van der Waals surface area (Å²) < 4.78 is 5.48. The molecule has 0 spiro atoms. The largest absolute Gasteiger partial charge is 0.496 e. The summed E-state index contributed by atoms with van der Waals surface area (Å²) in [6.45, 7) is 2.37. The van der Waals surface area contributed by atoms with E-state index in [9.17, 15) is 0 Å². The van der Waals surface area contributed by atoms with Gasteiger partial charge < -0.3 is 10.1 Å². The van der Waals surface area contributed by atoms with Gasteiger partial charge in [-0.05, 0) is 31.4 Å². The third kappa shape index (κ3) is 2.47. The number of rotatable bonds is 4. The van der Waals surface area contributed by atoms with Crippen LogP contribution in [0.1, 0.15) is 37.8 Å². The molecule has 0 aromatic heterocycles. The van der Waals surface area contributed by atoms with Crippen LogP contribution in [-0.4, -0.2) is 14.2 Å². The Hall–Kier alpha value is -1.02. The number of ether oxygens (including phenoxy) is 1. The molecule has 0 saturated heterocycles. The van der Waals surface area contributed by atoms with Gasteiger partial charge in [0, 0.05) is 11.6 Å². The van der Waals surface area contributed by atoms with Crippen molar-refractivity contribution in [1.82, 2.24) is 5.32 Å². The third-order valence-electron chi connectivity index (χ3n) is 4.14. The lowest BCUT2D eigenvalue weighted by atomic mass is 9.85. The smallest absolute Gasteiger partial charge is 0.123 e. The fraction of sp³-hybridized carbons (Fsp3) is 0.600. The first-order valence-electron chi connectivity index (χ1n) is 6.58. The lowest BCUT2D eigenvalue weighted by Gasteiger charge is -2.28. The summed E-state index contributed by atoms with van der Waals surface area (Å²) in [4.78, 5) is 0. The molecule has 94 valence electrons. The number of hydrogen-bond acceptors (Lipinski definition) is 2. The van der Waals surface area contributed by atoms with Gasteiger partial charge in [-0.3, -0.25) is 0 Å². The number of nitrogens with one attached hydrogen (secondary N) is 1. The van der Waals surface area contributed by atoms with Crippen molar-refractivity contribution in [2.24, 2.45) is 11.8 Å². The van der Waals surface area contributed by atoms with E-state index in [1.807, 2.05) is 6.07 Å². The van der Waals surface area contributed by atoms with Gasteiger partial charge in [-0.25, -0.2) is 0 Å². The average molecular weight is 233 g/mol. The summed E-state index contributed by atoms with van der Waals surface area (Å²) in [5, 5.41) is 3.49. The van der Waals surface area contributed by atoms with Crippen LogP contribution in [0.2, 0.25) is 0 Å². The normalized spacial score (nSPS) is 25.8. The van der Waals surface area contributed by atoms with Crippen molar-refractivity contribution < 1.29 is 4.74 Å². The molecular formula is C15H23NO. The molecule has 1 aromatic rings. The van der Waals surface area contributed by atoms with Gasteiger partial charge >= 0.3 is 0 Å². The monoisotopic (exact) mass is 233 g/mol. The molecule has 0 aliphatic heterocycles. The average Bonchev–Trinajstić information content (AvgIpc) is 2.78. The minimum absolute atomic E-state index is 0.420. The summed E-state index contributed by atoms with van der Waals surface area (Å²) in [5.74, 6) is 2.54. The van der Waals surface area contributed by atoms with Crippen molar-refractivity contribution >= 4 is 0 Å². The van der Waals surface area contributed by atoms with E-state index >= 15 is 0 Å². The Morgan fingerprint density at radius 1 is 1.29 bits per heavy atom. The minimum atomic E-state index is 0.420. The Kier molecular flexibility index (Phi) is 4.06. The lowest BCUT2D eigenvalue weighted by Crippen LogP contribution is -2.27. The summed E-state index contributed by atoms with van der Waals surface area (Å²) in [6.07, 6.45) is 4.04. The molecule has 3 atom stereocenters. The summed E-state index contributed by atoms with van der Waals surface area (Å²) in [6, 6.07) is 8.79. The van der Waals surface area contributed by atoms with E-state index in [1.165, 1.54) is 24.8 Å². The fourth-order valence-electron chi connectivity index (χ4n) is 3.19. The topological polar surface area (TPSA) is 21.3 Å². The van der Waals surface area contributed by atoms with Gasteiger partial charge in [0.1, 0.15) is 5.75 Å². The first kappa shape index (κ1) is 12.4. The van der Waals surface area contributed by atoms with E-state index in [2.05, 4.69) is 37.5 Å². The molecular weight excluding hydrogens is 210 g/mol. The van der Waals surface area contributed by atoms with Gasteiger partial charge in [-0.2, -0.15) is 0 Å². The van der Waals surface area contributed by atoms with Gasteiger partial charge in [-0.15, -0.1) is 0 Å². The first-order chi connectivity index (χ1) is 8.27. The van der Waals surface area contributed by atoms with E-state index < -0.39 is 0 Å². The molecule has 2 heteroatoms. The second-order valence-electron chi connectivity index (χ2n) is 5.08. The van der Waals surface area contributed by atoms with Crippen molar-refractivity contribution in [3.05, 3.63) is 29.8 Å². The number of hydrogen-bond donors (Lipinski definition) is 1. The molecule has 1 saturated carbocycles. The van der Waals surface area contributed by atoms with Gasteiger partial charge in [-0.1, -0.05) is 38.0 Å². The predicted octanol–water partition coefficient (Wildman–Crippen LogP) is 3.39. The standard InChI is InChI=1S/C15H23NO/c1-11-7-6-9-12(11)15(16-2)13-8-4-5-10-14(13)17-3/h4-5,8,10-12,15-16H,6-7,9H2,1-3H3. The van der Waals surface area contributed by atoms with Gasteiger partial charge in [0.15, 0.2) is 0 Å². The van der Waals surface area contributed by atoms with Crippen LogP contribution in [0.25, 0.3) is 0 Å². The number of para-hydroxylation sites is 1. The van der Waals surface area contributed by atoms with E-state index in [0.717, 1.165) is 17.6 Å². The zero-order valence-electron chi connectivity index (χ0n) is 11.1. The summed E-state index contributed by atoms with van der Waals surface area (Å²) in [7, 11) is 3.81. The van der Waals surface area contributed by atoms with Gasteiger partial charge in [0.05, 0.1) is 7.11 Å². The molecule has 1 aromatic carbocycles. The molecule has 17 heavy (non-hydrogen) atoms. The van der Waals surface area contributed by atoms with Gasteiger partial charge in [0.2, 0.25) is 0 Å². The molecule has 1 N–H and O–H groups in total. The second-order valence-corrected chi connectivity index (χ2v) is 5.08. The number of methoxy groups -OCH3 is 1. The van der Waals surface area contributed by atoms with Crippen LogP contribution in [0.5, 0.6) is 5.75 Å². The highest BCUT2D eigenvalue weighted by atomic mass is 16.5. The van der Waals surface area contributed by atoms with Crippen LogP contribution < -0.4 is 10.1 Å². The Morgan fingerprint density at radius 2 is 2.06 bits per heavy atom. The van der Waals surface area contributed by atoms with Crippen molar-refractivity contribution in [1.29, 1.82) is 0 Å². The van der Waals surface area contributed by atoms with E-state index in [0.29, 0.717) is 6.04 Å². The molecule has 0 heterocycles. The van der Waals surface area contributed by atoms with Crippen LogP contribution in [0.3, 0.4) is 0 Å². The van der Waals surface area contributed by atoms with Crippen LogP contribution in [-0.2, 0) is 0 Å². The van der Waals surface area contributed by atoms with Crippen molar-refractivity contribution in [2.45, 2.75) is 32.2 Å². The molecule has 2 rings (SSSR count). The molecule has 2 nitrogen and oxygen atoms in total. The fourth-order valence-corrected chi connectivity index (χ4v) is 3.19. The molecule has 0 radical (unpaired) electrons. The Labute approximate surface area is 104 Å². The van der Waals surface area contributed by atoms with E-state index in [1.54, 1.807) is 7.11 Å². The highest BCUT2D eigenvalue weighted by molar-refractivity contribution is 5.36. The second kappa shape index (κ2) is 5.54. The highest BCUT2D eigenvalue weighted by Gasteiger charge is 2.32. The van der Waals surface area contributed by atoms with Crippen molar-refractivity contribution in [2.75, 3.05) is 14.2 Å². The zero-order valence-corrected chi connectivity index (χ0v) is 11.1. The minimum Gasteiger partial charge on any atom is -0.496 e. The van der Waals surface area contributed by atoms with Crippen molar-refractivity contribution in [3.63, 3.8) is 0 Å². The van der Waals surface area contributed by atoms with Crippen LogP contribution in [0, 0.1) is 11.8 Å². The summed E-state index contributed by atoms with van der Waals surface area (Å²) in [5.41, 5.74) is 1.30. The highest BCUT2D eigenvalue weighted by Crippen LogP contribution is 2.42. The maximum atomic E-state index is 5.48. The zero-order chi connectivity index (χ0) is 12.3. The maximum Gasteiger partial charge on any atom is 0.123 e. The molecule has 1 aliphatic carbocycles. The van der Waals surface area contributed by atoms with Crippen molar-refractivity contribution in [3.8, 4) is 5.75 Å². The van der Waals surface area contributed by atoms with Crippen LogP contribution in [0.15, 0.2) is 24.3 Å². The first-order valence-corrected chi connectivity index (χ1v) is 6.58. The Morgan fingerprint density at radius 3 is 2.65 bits per heavy atom. The maximum absolute atomic E-state index is 5.48. The van der Waals surface area contributed by atoms with E-state index in [4.69, 9.17) is 4.74 Å². The SMILES string of the molecule is CNC(c1ccccc1OC)C1CCCC1C. The molecule has 0 amide bonds. The molecule has 1 aliphatic rings. The van der Waals surface area contributed by atoms with Crippen LogP contribution >= 0.6 is 0 Å². The predicted molar refractivity (Wildman–Crippen MR) is 71.3 cm³/mol. The third-order valence-corrected chi connectivity index (χ3v) is 4.14.